The Morgan fingerprint density at radius 1 is 0.898 bits per heavy atom. The number of carbonyl (C=O) groups excluding carboxylic acids is 1. The van der Waals surface area contributed by atoms with Gasteiger partial charge in [0.2, 0.25) is 0 Å². The number of aromatic hydroxyl groups is 1. The largest absolute Gasteiger partial charge is 0.508 e. The van der Waals surface area contributed by atoms with Gasteiger partial charge in [-0.3, -0.25) is 4.90 Å². The van der Waals surface area contributed by atoms with Gasteiger partial charge < -0.3 is 19.5 Å². The second-order valence-corrected chi connectivity index (χ2v) is 14.9. The van der Waals surface area contributed by atoms with Gasteiger partial charge in [-0.2, -0.15) is 11.3 Å². The quantitative estimate of drug-likeness (QED) is 0.132. The molecule has 0 aliphatic heterocycles. The molecule has 264 valence electrons. The van der Waals surface area contributed by atoms with E-state index in [1.165, 1.54) is 45.7 Å². The molecule has 2 aromatic heterocycles. The molecule has 0 saturated carbocycles. The molecule has 4 aromatic rings. The number of phenols is 1. The van der Waals surface area contributed by atoms with Crippen molar-refractivity contribution in [1.29, 1.82) is 0 Å². The van der Waals surface area contributed by atoms with Crippen LogP contribution in [0.5, 0.6) is 5.75 Å². The van der Waals surface area contributed by atoms with E-state index in [1.54, 1.807) is 18.3 Å². The number of benzene rings is 2. The number of nitrogens with zero attached hydrogens (tertiary/aromatic N) is 2. The highest BCUT2D eigenvalue weighted by atomic mass is 32.1. The molecule has 6 nitrogen and oxygen atoms in total. The lowest BCUT2D eigenvalue weighted by atomic mass is 9.86. The first-order valence-electron chi connectivity index (χ1n) is 18.3. The molecule has 1 N–H and O–H groups in total. The zero-order valence-corrected chi connectivity index (χ0v) is 31.2. The Labute approximate surface area is 301 Å². The lowest BCUT2D eigenvalue weighted by Gasteiger charge is -2.35. The fourth-order valence-electron chi connectivity index (χ4n) is 7.20. The van der Waals surface area contributed by atoms with E-state index in [0.29, 0.717) is 18.4 Å². The number of fused-ring (bicyclic) bond motifs is 2. The van der Waals surface area contributed by atoms with E-state index in [4.69, 9.17) is 9.47 Å². The van der Waals surface area contributed by atoms with E-state index in [9.17, 15) is 9.90 Å². The van der Waals surface area contributed by atoms with E-state index in [-0.39, 0.29) is 6.10 Å². The van der Waals surface area contributed by atoms with Crippen molar-refractivity contribution < 1.29 is 19.4 Å². The predicted molar refractivity (Wildman–Crippen MR) is 205 cm³/mol. The van der Waals surface area contributed by atoms with Gasteiger partial charge in [0.15, 0.2) is 0 Å². The fraction of sp³-hybridized carbons (Fsp3) is 0.488. The smallest absolute Gasteiger partial charge is 0.508 e. The summed E-state index contributed by atoms with van der Waals surface area (Å²) in [4.78, 5) is 18.3. The predicted octanol–water partition coefficient (Wildman–Crippen LogP) is 10.0. The molecule has 2 aromatic carbocycles. The molecule has 2 aliphatic rings. The number of anilines is 1. The molecule has 2 aliphatic carbocycles. The Kier molecular flexibility index (Phi) is 14.4. The van der Waals surface area contributed by atoms with Crippen LogP contribution in [-0.4, -0.2) is 55.0 Å². The van der Waals surface area contributed by atoms with Gasteiger partial charge in [0.1, 0.15) is 11.9 Å². The van der Waals surface area contributed by atoms with Gasteiger partial charge in [-0.1, -0.05) is 38.1 Å². The number of hydrogen-bond donors (Lipinski definition) is 1. The number of phenolic OH excluding ortho intramolecular Hbond substituents is 1. The summed E-state index contributed by atoms with van der Waals surface area (Å²) in [6, 6.07) is 19.7. The first kappa shape index (κ1) is 36.9. The summed E-state index contributed by atoms with van der Waals surface area (Å²) in [5.41, 5.74) is 7.61. The van der Waals surface area contributed by atoms with Crippen LogP contribution in [-0.2, 0) is 41.6 Å². The van der Waals surface area contributed by atoms with Crippen molar-refractivity contribution in [2.75, 3.05) is 37.7 Å². The van der Waals surface area contributed by atoms with Crippen LogP contribution in [0.4, 0.5) is 10.5 Å². The molecule has 0 spiro atoms. The molecule has 6 rings (SSSR count). The summed E-state index contributed by atoms with van der Waals surface area (Å²) < 4.78 is 10.6. The number of hydrogen-bond acceptors (Lipinski definition) is 8. The van der Waals surface area contributed by atoms with Gasteiger partial charge in [-0.15, -0.1) is 11.3 Å². The number of aryl methyl sites for hydroxylation is 2. The van der Waals surface area contributed by atoms with Crippen molar-refractivity contribution in [3.63, 3.8) is 0 Å². The van der Waals surface area contributed by atoms with E-state index in [2.05, 4.69) is 82.3 Å². The minimum absolute atomic E-state index is 0.200. The van der Waals surface area contributed by atoms with Gasteiger partial charge in [0, 0.05) is 36.2 Å². The molecule has 8 heteroatoms. The van der Waals surface area contributed by atoms with Crippen molar-refractivity contribution in [3.05, 3.63) is 103 Å². The van der Waals surface area contributed by atoms with Gasteiger partial charge in [-0.05, 0) is 152 Å². The highest BCUT2D eigenvalue weighted by molar-refractivity contribution is 7.09. The minimum atomic E-state index is -0.566. The Bertz CT molecular complexity index is 1560. The number of carbonyl (C=O) groups is 1. The first-order valence-corrected chi connectivity index (χ1v) is 20.1. The number of ether oxygens (including phenoxy) is 2. The molecule has 49 heavy (non-hydrogen) atoms. The van der Waals surface area contributed by atoms with Crippen LogP contribution in [0, 0.1) is 0 Å². The Morgan fingerprint density at radius 2 is 1.78 bits per heavy atom. The summed E-state index contributed by atoms with van der Waals surface area (Å²) in [7, 11) is 0. The normalized spacial score (nSPS) is 16.7. The van der Waals surface area contributed by atoms with Crippen LogP contribution in [0.1, 0.15) is 91.7 Å². The Hall–Kier alpha value is -3.33. The van der Waals surface area contributed by atoms with E-state index in [1.807, 2.05) is 23.5 Å². The third-order valence-corrected chi connectivity index (χ3v) is 11.4. The van der Waals surface area contributed by atoms with E-state index >= 15 is 0 Å². The maximum atomic E-state index is 11.8. The number of thiophene rings is 2. The Morgan fingerprint density at radius 3 is 2.53 bits per heavy atom. The molecule has 2 atom stereocenters. The topological polar surface area (TPSA) is 62.2 Å². The van der Waals surface area contributed by atoms with Crippen LogP contribution in [0.15, 0.2) is 70.7 Å². The monoisotopic (exact) mass is 702 g/mol. The standard InChI is InChI=1S/C22H29NO3S.C19H25NOS/c1-3-13-23(14-12-19-8-6-15-27-19)18-11-10-17-7-5-9-21(20(17)16-18)26-22(24)25-4-2;1-2-10-20(11-8-15-9-12-22-14-15)17-7-6-16-4-3-5-19(21)18(16)13-17/h6,8,10-11,15-16,21H,3-5,7,9,12-14H2,1-2H3;3-5,9,12,14,17,21H,2,6-8,10-11,13H2,1H3. The van der Waals surface area contributed by atoms with Gasteiger partial charge >= 0.3 is 6.16 Å². The van der Waals surface area contributed by atoms with Crippen LogP contribution in [0.3, 0.4) is 0 Å². The van der Waals surface area contributed by atoms with Crippen molar-refractivity contribution in [1.82, 2.24) is 4.90 Å². The van der Waals surface area contributed by atoms with Crippen molar-refractivity contribution in [2.24, 2.45) is 0 Å². The zero-order valence-electron chi connectivity index (χ0n) is 29.6. The third-order valence-electron chi connectivity index (χ3n) is 9.69. The first-order chi connectivity index (χ1) is 24.0. The van der Waals surface area contributed by atoms with Crippen LogP contribution >= 0.6 is 22.7 Å². The SMILES string of the molecule is CCCN(CCc1cccs1)c1ccc2c(c1)C(OC(=O)OCC)CCC2.CCCN(CCc1ccsc1)C1CCc2cccc(O)c2C1. The maximum absolute atomic E-state index is 11.8. The molecule has 2 heterocycles. The molecule has 2 unspecified atom stereocenters. The summed E-state index contributed by atoms with van der Waals surface area (Å²) >= 11 is 3.60. The lowest BCUT2D eigenvalue weighted by molar-refractivity contribution is 0.0198. The third kappa shape index (κ3) is 10.6. The van der Waals surface area contributed by atoms with E-state index in [0.717, 1.165) is 83.1 Å². The minimum Gasteiger partial charge on any atom is -0.508 e. The lowest BCUT2D eigenvalue weighted by Crippen LogP contribution is -2.41. The van der Waals surface area contributed by atoms with Crippen molar-refractivity contribution >= 4 is 34.5 Å². The molecular formula is C41H54N2O4S2. The van der Waals surface area contributed by atoms with Crippen molar-refractivity contribution in [3.8, 4) is 5.75 Å². The van der Waals surface area contributed by atoms with Crippen molar-refractivity contribution in [2.45, 2.75) is 97.1 Å². The summed E-state index contributed by atoms with van der Waals surface area (Å²) in [5, 5.41) is 16.7. The highest BCUT2D eigenvalue weighted by Gasteiger charge is 2.26. The molecule has 0 amide bonds. The Balaban J connectivity index is 0.000000195. The molecule has 0 saturated heterocycles. The summed E-state index contributed by atoms with van der Waals surface area (Å²) in [6.07, 6.45) is 9.94. The van der Waals surface area contributed by atoms with Gasteiger partial charge in [0.05, 0.1) is 6.61 Å². The second-order valence-electron chi connectivity index (χ2n) is 13.1. The molecule has 0 bridgehead atoms. The molecule has 0 radical (unpaired) electrons. The van der Waals surface area contributed by atoms with Crippen LogP contribution in [0.2, 0.25) is 0 Å². The zero-order chi connectivity index (χ0) is 34.4. The van der Waals surface area contributed by atoms with Gasteiger partial charge in [-0.25, -0.2) is 4.79 Å². The van der Waals surface area contributed by atoms with E-state index < -0.39 is 6.16 Å². The maximum Gasteiger partial charge on any atom is 0.508 e. The average Bonchev–Trinajstić information content (AvgIpc) is 3.84. The average molecular weight is 703 g/mol. The second kappa shape index (κ2) is 19.2. The molecular weight excluding hydrogens is 649 g/mol. The fourth-order valence-corrected chi connectivity index (χ4v) is 8.61. The van der Waals surface area contributed by atoms with Crippen LogP contribution in [0.25, 0.3) is 0 Å². The summed E-state index contributed by atoms with van der Waals surface area (Å²) in [6.45, 7) is 10.9. The highest BCUT2D eigenvalue weighted by Crippen LogP contribution is 2.36. The van der Waals surface area contributed by atoms with Gasteiger partial charge in [0.25, 0.3) is 0 Å². The van der Waals surface area contributed by atoms with Crippen LogP contribution < -0.4 is 4.90 Å². The summed E-state index contributed by atoms with van der Waals surface area (Å²) in [5.74, 6) is 0.483. The molecule has 0 fully saturated rings. The number of rotatable bonds is 14.